The Hall–Kier alpha value is -2.35. The van der Waals surface area contributed by atoms with Gasteiger partial charge in [-0.05, 0) is 18.6 Å². The Morgan fingerprint density at radius 3 is 2.55 bits per heavy atom. The second-order valence-electron chi connectivity index (χ2n) is 4.36. The lowest BCUT2D eigenvalue weighted by Gasteiger charge is -2.30. The molecule has 0 aliphatic heterocycles. The van der Waals surface area contributed by atoms with Crippen molar-refractivity contribution in [3.63, 3.8) is 0 Å². The van der Waals surface area contributed by atoms with E-state index >= 15 is 0 Å². The second-order valence-corrected chi connectivity index (χ2v) is 4.36. The van der Waals surface area contributed by atoms with E-state index in [-0.39, 0.29) is 24.3 Å². The van der Waals surface area contributed by atoms with Gasteiger partial charge in [0, 0.05) is 13.0 Å². The summed E-state index contributed by atoms with van der Waals surface area (Å²) in [5, 5.41) is 9.15. The summed E-state index contributed by atoms with van der Waals surface area (Å²) in [6.45, 7) is 3.31. The van der Waals surface area contributed by atoms with Crippen molar-refractivity contribution in [2.45, 2.75) is 32.7 Å². The van der Waals surface area contributed by atoms with Gasteiger partial charge >= 0.3 is 5.97 Å². The Morgan fingerprint density at radius 2 is 2.05 bits per heavy atom. The molecule has 0 saturated carbocycles. The second kappa shape index (κ2) is 7.29. The van der Waals surface area contributed by atoms with Gasteiger partial charge in [-0.1, -0.05) is 19.1 Å². The molecule has 0 fully saturated rings. The van der Waals surface area contributed by atoms with Gasteiger partial charge in [0.05, 0.1) is 24.8 Å². The minimum absolute atomic E-state index is 0.104. The lowest BCUT2D eigenvalue weighted by molar-refractivity contribution is -0.141. The Bertz CT molecular complexity index is 534. The fourth-order valence-corrected chi connectivity index (χ4v) is 2.10. The van der Waals surface area contributed by atoms with Gasteiger partial charge in [0.25, 0.3) is 0 Å². The minimum Gasteiger partial charge on any atom is -0.469 e. The van der Waals surface area contributed by atoms with Crippen molar-refractivity contribution < 1.29 is 14.3 Å². The third-order valence-corrected chi connectivity index (χ3v) is 3.09. The van der Waals surface area contributed by atoms with Crippen molar-refractivity contribution in [3.05, 3.63) is 29.8 Å². The number of para-hydroxylation sites is 1. The van der Waals surface area contributed by atoms with Crippen LogP contribution in [0, 0.1) is 11.3 Å². The fourth-order valence-electron chi connectivity index (χ4n) is 2.10. The highest BCUT2D eigenvalue weighted by Gasteiger charge is 2.25. The summed E-state index contributed by atoms with van der Waals surface area (Å²) >= 11 is 0. The molecule has 0 saturated heterocycles. The molecule has 1 unspecified atom stereocenters. The number of esters is 1. The van der Waals surface area contributed by atoms with E-state index in [9.17, 15) is 9.59 Å². The molecule has 1 amide bonds. The van der Waals surface area contributed by atoms with Crippen LogP contribution in [0.2, 0.25) is 0 Å². The molecular formula is C15H18N2O3. The number of anilines is 1. The van der Waals surface area contributed by atoms with Gasteiger partial charge in [-0.2, -0.15) is 5.26 Å². The molecule has 1 atom stereocenters. The van der Waals surface area contributed by atoms with Gasteiger partial charge in [0.2, 0.25) is 5.91 Å². The molecule has 0 radical (unpaired) electrons. The maximum absolute atomic E-state index is 11.9. The van der Waals surface area contributed by atoms with Crippen molar-refractivity contribution in [1.29, 1.82) is 5.26 Å². The summed E-state index contributed by atoms with van der Waals surface area (Å²) in [4.78, 5) is 24.9. The molecule has 0 N–H and O–H groups in total. The van der Waals surface area contributed by atoms with Crippen LogP contribution in [0.1, 0.15) is 32.3 Å². The highest BCUT2D eigenvalue weighted by Crippen LogP contribution is 2.25. The number of carbonyl (C=O) groups is 2. The Morgan fingerprint density at radius 1 is 1.40 bits per heavy atom. The molecule has 0 aliphatic carbocycles. The molecule has 0 bridgehead atoms. The summed E-state index contributed by atoms with van der Waals surface area (Å²) in [5.74, 6) is -0.582. The maximum Gasteiger partial charge on any atom is 0.307 e. The van der Waals surface area contributed by atoms with Crippen LogP contribution >= 0.6 is 0 Å². The summed E-state index contributed by atoms with van der Waals surface area (Å²) in [5.41, 5.74) is 0.935. The average Bonchev–Trinajstić information content (AvgIpc) is 2.46. The quantitative estimate of drug-likeness (QED) is 0.772. The molecule has 1 aromatic rings. The number of nitrogens with zero attached hydrogens (tertiary/aromatic N) is 2. The molecular weight excluding hydrogens is 256 g/mol. The van der Waals surface area contributed by atoms with Crippen LogP contribution in [-0.4, -0.2) is 25.0 Å². The first-order valence-corrected chi connectivity index (χ1v) is 6.40. The zero-order valence-corrected chi connectivity index (χ0v) is 11.9. The number of hydrogen-bond donors (Lipinski definition) is 0. The number of hydrogen-bond acceptors (Lipinski definition) is 4. The van der Waals surface area contributed by atoms with Crippen molar-refractivity contribution in [2.75, 3.05) is 12.0 Å². The van der Waals surface area contributed by atoms with Crippen LogP contribution in [-0.2, 0) is 14.3 Å². The number of benzene rings is 1. The summed E-state index contributed by atoms with van der Waals surface area (Å²) in [6.07, 6.45) is 0.695. The molecule has 106 valence electrons. The predicted octanol–water partition coefficient (Wildman–Crippen LogP) is 2.25. The predicted molar refractivity (Wildman–Crippen MR) is 75.0 cm³/mol. The number of methoxy groups -OCH3 is 1. The van der Waals surface area contributed by atoms with Crippen molar-refractivity contribution in [1.82, 2.24) is 0 Å². The highest BCUT2D eigenvalue weighted by atomic mass is 16.5. The zero-order chi connectivity index (χ0) is 15.1. The average molecular weight is 274 g/mol. The van der Waals surface area contributed by atoms with E-state index in [1.807, 2.05) is 6.92 Å². The first-order valence-electron chi connectivity index (χ1n) is 6.40. The third-order valence-electron chi connectivity index (χ3n) is 3.09. The normalized spacial score (nSPS) is 11.3. The van der Waals surface area contributed by atoms with Crippen LogP contribution in [0.3, 0.4) is 0 Å². The number of rotatable bonds is 5. The number of ether oxygens (including phenoxy) is 1. The van der Waals surface area contributed by atoms with Crippen LogP contribution in [0.15, 0.2) is 24.3 Å². The Labute approximate surface area is 118 Å². The smallest absolute Gasteiger partial charge is 0.307 e. The molecule has 0 aromatic heterocycles. The van der Waals surface area contributed by atoms with E-state index in [0.717, 1.165) is 0 Å². The molecule has 1 aromatic carbocycles. The third kappa shape index (κ3) is 3.58. The molecule has 1 rings (SSSR count). The van der Waals surface area contributed by atoms with E-state index in [2.05, 4.69) is 10.8 Å². The van der Waals surface area contributed by atoms with Crippen molar-refractivity contribution >= 4 is 17.6 Å². The number of nitriles is 1. The van der Waals surface area contributed by atoms with Gasteiger partial charge in [-0.15, -0.1) is 0 Å². The number of amides is 1. The molecule has 5 heteroatoms. The maximum atomic E-state index is 11.9. The van der Waals surface area contributed by atoms with E-state index in [0.29, 0.717) is 17.7 Å². The summed E-state index contributed by atoms with van der Waals surface area (Å²) in [6, 6.07) is 8.60. The van der Waals surface area contributed by atoms with E-state index in [1.54, 1.807) is 24.3 Å². The molecule has 0 heterocycles. The van der Waals surface area contributed by atoms with Crippen LogP contribution in [0.5, 0.6) is 0 Å². The first-order chi connectivity index (χ1) is 9.54. The fraction of sp³-hybridized carbons (Fsp3) is 0.400. The van der Waals surface area contributed by atoms with Gasteiger partial charge in [-0.3, -0.25) is 9.59 Å². The van der Waals surface area contributed by atoms with Crippen molar-refractivity contribution in [3.8, 4) is 6.07 Å². The van der Waals surface area contributed by atoms with Gasteiger partial charge < -0.3 is 9.64 Å². The Kier molecular flexibility index (Phi) is 5.73. The monoisotopic (exact) mass is 274 g/mol. The summed E-state index contributed by atoms with van der Waals surface area (Å²) in [7, 11) is 1.32. The minimum atomic E-state index is -0.377. The molecule has 0 spiro atoms. The zero-order valence-electron chi connectivity index (χ0n) is 11.9. The van der Waals surface area contributed by atoms with Crippen molar-refractivity contribution in [2.24, 2.45) is 0 Å². The first kappa shape index (κ1) is 15.7. The molecule has 0 aliphatic rings. The van der Waals surface area contributed by atoms with Gasteiger partial charge in [0.1, 0.15) is 6.07 Å². The van der Waals surface area contributed by atoms with Crippen LogP contribution in [0.25, 0.3) is 0 Å². The Balaban J connectivity index is 3.19. The molecule has 20 heavy (non-hydrogen) atoms. The van der Waals surface area contributed by atoms with E-state index < -0.39 is 0 Å². The topological polar surface area (TPSA) is 70.4 Å². The summed E-state index contributed by atoms with van der Waals surface area (Å²) < 4.78 is 4.66. The van der Waals surface area contributed by atoms with Gasteiger partial charge in [0.15, 0.2) is 0 Å². The lowest BCUT2D eigenvalue weighted by atomic mass is 10.1. The molecule has 5 nitrogen and oxygen atoms in total. The van der Waals surface area contributed by atoms with Gasteiger partial charge in [-0.25, -0.2) is 0 Å². The van der Waals surface area contributed by atoms with E-state index in [4.69, 9.17) is 5.26 Å². The van der Waals surface area contributed by atoms with Crippen LogP contribution in [0.4, 0.5) is 5.69 Å². The highest BCUT2D eigenvalue weighted by molar-refractivity contribution is 5.94. The lowest BCUT2D eigenvalue weighted by Crippen LogP contribution is -2.40. The number of carbonyl (C=O) groups excluding carboxylic acids is 2. The SMILES string of the molecule is CCC(CC(=O)OC)N(C(C)=O)c1ccccc1C#N. The largest absolute Gasteiger partial charge is 0.469 e. The van der Waals surface area contributed by atoms with Crippen LogP contribution < -0.4 is 4.90 Å². The standard InChI is InChI=1S/C15H18N2O3/c1-4-13(9-15(19)20-3)17(11(2)18)14-8-6-5-7-12(14)10-16/h5-8,13H,4,9H2,1-3H3. The van der Waals surface area contributed by atoms with E-state index in [1.165, 1.54) is 18.9 Å².